The van der Waals surface area contributed by atoms with E-state index >= 15 is 0 Å². The average molecular weight is 253 g/mol. The molecule has 2 fully saturated rings. The first-order valence-electron chi connectivity index (χ1n) is 8.06. The second kappa shape index (κ2) is 7.49. The van der Waals surface area contributed by atoms with Gasteiger partial charge in [0.05, 0.1) is 13.2 Å². The molecule has 1 heterocycles. The minimum absolute atomic E-state index is 0.902. The zero-order valence-electron chi connectivity index (χ0n) is 12.4. The Bertz CT molecular complexity index is 215. The van der Waals surface area contributed by atoms with E-state index in [1.165, 1.54) is 45.1 Å². The van der Waals surface area contributed by atoms with Crippen LogP contribution in [-0.2, 0) is 4.74 Å². The van der Waals surface area contributed by atoms with Gasteiger partial charge in [0.15, 0.2) is 0 Å². The van der Waals surface area contributed by atoms with E-state index in [0.717, 1.165) is 44.1 Å². The summed E-state index contributed by atoms with van der Waals surface area (Å²) in [5.41, 5.74) is 0. The molecule has 0 aromatic heterocycles. The fourth-order valence-electron chi connectivity index (χ4n) is 3.57. The van der Waals surface area contributed by atoms with Crippen LogP contribution in [0.2, 0.25) is 0 Å². The Morgan fingerprint density at radius 3 is 2.33 bits per heavy atom. The van der Waals surface area contributed by atoms with Gasteiger partial charge in [-0.25, -0.2) is 0 Å². The monoisotopic (exact) mass is 253 g/mol. The average Bonchev–Trinajstić information content (AvgIpc) is 2.40. The van der Waals surface area contributed by atoms with E-state index in [1.54, 1.807) is 0 Å². The molecule has 106 valence electrons. The van der Waals surface area contributed by atoms with Gasteiger partial charge in [-0.05, 0) is 50.0 Å². The molecule has 2 rings (SSSR count). The summed E-state index contributed by atoms with van der Waals surface area (Å²) in [5.74, 6) is 2.95. The molecular weight excluding hydrogens is 222 g/mol. The van der Waals surface area contributed by atoms with Crippen molar-refractivity contribution < 1.29 is 4.74 Å². The lowest BCUT2D eigenvalue weighted by molar-refractivity contribution is 0.0363. The van der Waals surface area contributed by atoms with Crippen molar-refractivity contribution in [2.75, 3.05) is 32.8 Å². The van der Waals surface area contributed by atoms with Crippen LogP contribution in [-0.4, -0.2) is 37.7 Å². The number of hydrogen-bond donors (Lipinski definition) is 0. The van der Waals surface area contributed by atoms with E-state index in [9.17, 15) is 0 Å². The van der Waals surface area contributed by atoms with Gasteiger partial charge in [0.25, 0.3) is 0 Å². The second-order valence-electron chi connectivity index (χ2n) is 6.62. The van der Waals surface area contributed by atoms with E-state index in [2.05, 4.69) is 18.7 Å². The molecule has 0 unspecified atom stereocenters. The molecule has 1 aliphatic carbocycles. The Labute approximate surface area is 113 Å². The lowest BCUT2D eigenvalue weighted by atomic mass is 9.76. The van der Waals surface area contributed by atoms with Gasteiger partial charge < -0.3 is 4.74 Å². The Morgan fingerprint density at radius 2 is 1.72 bits per heavy atom. The summed E-state index contributed by atoms with van der Waals surface area (Å²) in [6.07, 6.45) is 8.82. The van der Waals surface area contributed by atoms with E-state index in [1.807, 2.05) is 0 Å². The van der Waals surface area contributed by atoms with Crippen LogP contribution in [0.1, 0.15) is 52.4 Å². The number of morpholine rings is 1. The Morgan fingerprint density at radius 1 is 1.06 bits per heavy atom. The summed E-state index contributed by atoms with van der Waals surface area (Å²) in [6, 6.07) is 0. The van der Waals surface area contributed by atoms with Crippen molar-refractivity contribution in [2.45, 2.75) is 52.4 Å². The number of ether oxygens (including phenoxy) is 1. The van der Waals surface area contributed by atoms with Gasteiger partial charge >= 0.3 is 0 Å². The van der Waals surface area contributed by atoms with Crippen LogP contribution in [0, 0.1) is 17.8 Å². The molecule has 2 heteroatoms. The van der Waals surface area contributed by atoms with Gasteiger partial charge in [-0.1, -0.05) is 26.7 Å². The molecule has 0 aromatic carbocycles. The molecule has 0 aromatic rings. The SMILES string of the molecule is CC(C)C1CCC(CCCN2CCOCC2)CC1. The standard InChI is InChI=1S/C16H31NO/c1-14(2)16-7-5-15(6-8-16)4-3-9-17-10-12-18-13-11-17/h14-16H,3-13H2,1-2H3. The highest BCUT2D eigenvalue weighted by Crippen LogP contribution is 2.35. The third-order valence-electron chi connectivity index (χ3n) is 5.02. The van der Waals surface area contributed by atoms with Gasteiger partial charge in [-0.2, -0.15) is 0 Å². The zero-order chi connectivity index (χ0) is 12.8. The number of rotatable bonds is 5. The molecule has 1 saturated carbocycles. The summed E-state index contributed by atoms with van der Waals surface area (Å²) in [7, 11) is 0. The third kappa shape index (κ3) is 4.55. The molecule has 0 amide bonds. The molecular formula is C16H31NO. The van der Waals surface area contributed by atoms with Crippen molar-refractivity contribution in [1.29, 1.82) is 0 Å². The van der Waals surface area contributed by atoms with Crippen LogP contribution in [0.15, 0.2) is 0 Å². The van der Waals surface area contributed by atoms with Crippen molar-refractivity contribution in [3.05, 3.63) is 0 Å². The largest absolute Gasteiger partial charge is 0.379 e. The van der Waals surface area contributed by atoms with Crippen molar-refractivity contribution in [3.8, 4) is 0 Å². The fraction of sp³-hybridized carbons (Fsp3) is 1.00. The molecule has 0 atom stereocenters. The Hall–Kier alpha value is -0.0800. The predicted molar refractivity (Wildman–Crippen MR) is 76.8 cm³/mol. The van der Waals surface area contributed by atoms with Crippen molar-refractivity contribution >= 4 is 0 Å². The normalized spacial score (nSPS) is 30.8. The molecule has 1 aliphatic heterocycles. The maximum atomic E-state index is 5.39. The smallest absolute Gasteiger partial charge is 0.0594 e. The molecule has 2 aliphatic rings. The summed E-state index contributed by atoms with van der Waals surface area (Å²) in [5, 5.41) is 0. The Kier molecular flexibility index (Phi) is 5.97. The molecule has 0 N–H and O–H groups in total. The van der Waals surface area contributed by atoms with Crippen molar-refractivity contribution in [3.63, 3.8) is 0 Å². The molecule has 0 bridgehead atoms. The molecule has 1 saturated heterocycles. The van der Waals surface area contributed by atoms with Gasteiger partial charge in [0.1, 0.15) is 0 Å². The molecule has 0 spiro atoms. The maximum Gasteiger partial charge on any atom is 0.0594 e. The predicted octanol–water partition coefficient (Wildman–Crippen LogP) is 3.56. The lowest BCUT2D eigenvalue weighted by Crippen LogP contribution is -2.37. The highest BCUT2D eigenvalue weighted by atomic mass is 16.5. The molecule has 0 radical (unpaired) electrons. The highest BCUT2D eigenvalue weighted by Gasteiger charge is 2.23. The van der Waals surface area contributed by atoms with Crippen LogP contribution in [0.5, 0.6) is 0 Å². The van der Waals surface area contributed by atoms with Gasteiger partial charge in [0.2, 0.25) is 0 Å². The van der Waals surface area contributed by atoms with Gasteiger partial charge in [-0.3, -0.25) is 4.90 Å². The Balaban J connectivity index is 1.55. The van der Waals surface area contributed by atoms with Gasteiger partial charge in [0, 0.05) is 13.1 Å². The minimum Gasteiger partial charge on any atom is -0.379 e. The molecule has 2 nitrogen and oxygen atoms in total. The van der Waals surface area contributed by atoms with Crippen LogP contribution >= 0.6 is 0 Å². The number of nitrogens with zero attached hydrogens (tertiary/aromatic N) is 1. The van der Waals surface area contributed by atoms with E-state index in [-0.39, 0.29) is 0 Å². The maximum absolute atomic E-state index is 5.39. The van der Waals surface area contributed by atoms with E-state index in [4.69, 9.17) is 4.74 Å². The van der Waals surface area contributed by atoms with Crippen LogP contribution in [0.4, 0.5) is 0 Å². The first-order chi connectivity index (χ1) is 8.75. The fourth-order valence-corrected chi connectivity index (χ4v) is 3.57. The number of hydrogen-bond acceptors (Lipinski definition) is 2. The quantitative estimate of drug-likeness (QED) is 0.743. The van der Waals surface area contributed by atoms with Crippen molar-refractivity contribution in [1.82, 2.24) is 4.90 Å². The topological polar surface area (TPSA) is 12.5 Å². The first kappa shape index (κ1) is 14.3. The van der Waals surface area contributed by atoms with E-state index in [0.29, 0.717) is 0 Å². The minimum atomic E-state index is 0.902. The first-order valence-corrected chi connectivity index (χ1v) is 8.06. The highest BCUT2D eigenvalue weighted by molar-refractivity contribution is 4.75. The van der Waals surface area contributed by atoms with Crippen LogP contribution < -0.4 is 0 Å². The summed E-state index contributed by atoms with van der Waals surface area (Å²) >= 11 is 0. The third-order valence-corrected chi connectivity index (χ3v) is 5.02. The van der Waals surface area contributed by atoms with Crippen LogP contribution in [0.25, 0.3) is 0 Å². The zero-order valence-corrected chi connectivity index (χ0v) is 12.4. The lowest BCUT2D eigenvalue weighted by Gasteiger charge is -2.32. The second-order valence-corrected chi connectivity index (χ2v) is 6.62. The van der Waals surface area contributed by atoms with E-state index < -0.39 is 0 Å². The van der Waals surface area contributed by atoms with Crippen molar-refractivity contribution in [2.24, 2.45) is 17.8 Å². The summed E-state index contributed by atoms with van der Waals surface area (Å²) < 4.78 is 5.39. The summed E-state index contributed by atoms with van der Waals surface area (Å²) in [6.45, 7) is 10.3. The van der Waals surface area contributed by atoms with Crippen LogP contribution in [0.3, 0.4) is 0 Å². The van der Waals surface area contributed by atoms with Gasteiger partial charge in [-0.15, -0.1) is 0 Å². The molecule has 18 heavy (non-hydrogen) atoms. The summed E-state index contributed by atoms with van der Waals surface area (Å²) in [4.78, 5) is 2.57.